The number of nitrogens with one attached hydrogen (secondary N) is 1. The first-order valence-corrected chi connectivity index (χ1v) is 7.98. The predicted octanol–water partition coefficient (Wildman–Crippen LogP) is 2.51. The van der Waals surface area contributed by atoms with Crippen LogP contribution in [-0.2, 0) is 22.4 Å². The fourth-order valence-corrected chi connectivity index (χ4v) is 3.05. The number of hydrogen-bond donors (Lipinski definition) is 2. The summed E-state index contributed by atoms with van der Waals surface area (Å²) in [6, 6.07) is 14.0. The Balaban J connectivity index is 1.66. The van der Waals surface area contributed by atoms with Gasteiger partial charge in [0.1, 0.15) is 0 Å². The van der Waals surface area contributed by atoms with Crippen molar-refractivity contribution in [3.05, 3.63) is 59.1 Å². The standard InChI is InChI=1S/C17H15N3O2S/c18-15(21)9-14-10-23-17(19-14)20-16(22)8-11-5-6-12-3-1-2-4-13(12)7-11/h1-7,10H,8-9H2,(H2,18,21)(H,19,20,22). The van der Waals surface area contributed by atoms with Gasteiger partial charge >= 0.3 is 0 Å². The molecule has 3 N–H and O–H groups in total. The first kappa shape index (κ1) is 15.2. The number of carbonyl (C=O) groups is 2. The van der Waals surface area contributed by atoms with Crippen molar-refractivity contribution in [1.82, 2.24) is 4.98 Å². The normalized spacial score (nSPS) is 10.6. The van der Waals surface area contributed by atoms with E-state index in [1.54, 1.807) is 5.38 Å². The number of amides is 2. The van der Waals surface area contributed by atoms with E-state index in [4.69, 9.17) is 5.73 Å². The Kier molecular flexibility index (Phi) is 4.34. The first-order valence-electron chi connectivity index (χ1n) is 7.10. The lowest BCUT2D eigenvalue weighted by molar-refractivity contribution is -0.117. The van der Waals surface area contributed by atoms with E-state index in [1.807, 2.05) is 42.5 Å². The van der Waals surface area contributed by atoms with Crippen molar-refractivity contribution in [1.29, 1.82) is 0 Å². The van der Waals surface area contributed by atoms with Gasteiger partial charge in [-0.3, -0.25) is 9.59 Å². The molecule has 0 fully saturated rings. The second-order valence-corrected chi connectivity index (χ2v) is 6.05. The molecule has 0 aliphatic heterocycles. The summed E-state index contributed by atoms with van der Waals surface area (Å²) >= 11 is 1.28. The molecule has 1 aromatic heterocycles. The van der Waals surface area contributed by atoms with Crippen LogP contribution in [0.25, 0.3) is 10.8 Å². The van der Waals surface area contributed by atoms with Crippen molar-refractivity contribution < 1.29 is 9.59 Å². The number of benzene rings is 2. The van der Waals surface area contributed by atoms with Crippen molar-refractivity contribution in [2.24, 2.45) is 5.73 Å². The van der Waals surface area contributed by atoms with Crippen LogP contribution in [-0.4, -0.2) is 16.8 Å². The molecular formula is C17H15N3O2S. The zero-order valence-electron chi connectivity index (χ0n) is 12.3. The number of primary amides is 1. The number of nitrogens with zero attached hydrogens (tertiary/aromatic N) is 1. The lowest BCUT2D eigenvalue weighted by Crippen LogP contribution is -2.15. The van der Waals surface area contributed by atoms with E-state index in [-0.39, 0.29) is 18.7 Å². The number of carbonyl (C=O) groups excluding carboxylic acids is 2. The lowest BCUT2D eigenvalue weighted by atomic mass is 10.1. The molecule has 3 rings (SSSR count). The largest absolute Gasteiger partial charge is 0.369 e. The van der Waals surface area contributed by atoms with Gasteiger partial charge in [-0.25, -0.2) is 4.98 Å². The number of rotatable bonds is 5. The van der Waals surface area contributed by atoms with Gasteiger partial charge in [0.25, 0.3) is 0 Å². The van der Waals surface area contributed by atoms with Gasteiger partial charge in [-0.05, 0) is 16.3 Å². The molecule has 6 heteroatoms. The number of aromatic nitrogens is 1. The van der Waals surface area contributed by atoms with Gasteiger partial charge in [-0.2, -0.15) is 0 Å². The van der Waals surface area contributed by atoms with Crippen molar-refractivity contribution in [3.63, 3.8) is 0 Å². The minimum atomic E-state index is -0.440. The first-order chi connectivity index (χ1) is 11.1. The van der Waals surface area contributed by atoms with E-state index < -0.39 is 5.91 Å². The van der Waals surface area contributed by atoms with Crippen LogP contribution in [0.15, 0.2) is 47.8 Å². The van der Waals surface area contributed by atoms with E-state index in [9.17, 15) is 9.59 Å². The Hall–Kier alpha value is -2.73. The van der Waals surface area contributed by atoms with Gasteiger partial charge in [0, 0.05) is 5.38 Å². The summed E-state index contributed by atoms with van der Waals surface area (Å²) < 4.78 is 0. The summed E-state index contributed by atoms with van der Waals surface area (Å²) in [4.78, 5) is 27.1. The van der Waals surface area contributed by atoms with Crippen molar-refractivity contribution >= 4 is 39.1 Å². The Bertz CT molecular complexity index is 873. The average Bonchev–Trinajstić information content (AvgIpc) is 2.93. The zero-order chi connectivity index (χ0) is 16.2. The highest BCUT2D eigenvalue weighted by atomic mass is 32.1. The minimum absolute atomic E-state index is 0.0804. The average molecular weight is 325 g/mol. The van der Waals surface area contributed by atoms with Gasteiger partial charge < -0.3 is 11.1 Å². The SMILES string of the molecule is NC(=O)Cc1csc(NC(=O)Cc2ccc3ccccc3c2)n1. The molecule has 0 unspecified atom stereocenters. The quantitative estimate of drug-likeness (QED) is 0.756. The zero-order valence-corrected chi connectivity index (χ0v) is 13.1. The van der Waals surface area contributed by atoms with Crippen LogP contribution in [0.2, 0.25) is 0 Å². The van der Waals surface area contributed by atoms with Crippen LogP contribution in [0, 0.1) is 0 Å². The number of thiazole rings is 1. The van der Waals surface area contributed by atoms with Gasteiger partial charge in [-0.15, -0.1) is 11.3 Å². The topological polar surface area (TPSA) is 85.1 Å². The smallest absolute Gasteiger partial charge is 0.230 e. The summed E-state index contributed by atoms with van der Waals surface area (Å²) in [7, 11) is 0. The van der Waals surface area contributed by atoms with E-state index in [0.717, 1.165) is 16.3 Å². The molecule has 2 aromatic carbocycles. The molecule has 23 heavy (non-hydrogen) atoms. The summed E-state index contributed by atoms with van der Waals surface area (Å²) in [5, 5.41) is 7.20. The molecule has 0 aliphatic rings. The molecule has 3 aromatic rings. The van der Waals surface area contributed by atoms with Crippen LogP contribution in [0.5, 0.6) is 0 Å². The molecule has 1 heterocycles. The highest BCUT2D eigenvalue weighted by Gasteiger charge is 2.09. The Morgan fingerprint density at radius 2 is 1.87 bits per heavy atom. The van der Waals surface area contributed by atoms with Gasteiger partial charge in [0.15, 0.2) is 5.13 Å². The molecule has 5 nitrogen and oxygen atoms in total. The second kappa shape index (κ2) is 6.58. The number of fused-ring (bicyclic) bond motifs is 1. The van der Waals surface area contributed by atoms with Crippen LogP contribution in [0.4, 0.5) is 5.13 Å². The van der Waals surface area contributed by atoms with E-state index >= 15 is 0 Å². The fourth-order valence-electron chi connectivity index (χ4n) is 2.32. The Morgan fingerprint density at radius 1 is 1.09 bits per heavy atom. The van der Waals surface area contributed by atoms with Crippen LogP contribution < -0.4 is 11.1 Å². The van der Waals surface area contributed by atoms with Crippen molar-refractivity contribution in [2.75, 3.05) is 5.32 Å². The van der Waals surface area contributed by atoms with Crippen molar-refractivity contribution in [2.45, 2.75) is 12.8 Å². The number of anilines is 1. The van der Waals surface area contributed by atoms with Gasteiger partial charge in [-0.1, -0.05) is 42.5 Å². The molecular weight excluding hydrogens is 310 g/mol. The van der Waals surface area contributed by atoms with Gasteiger partial charge in [0.05, 0.1) is 18.5 Å². The van der Waals surface area contributed by atoms with E-state index in [2.05, 4.69) is 10.3 Å². The summed E-state index contributed by atoms with van der Waals surface area (Å²) in [5.41, 5.74) is 6.63. The summed E-state index contributed by atoms with van der Waals surface area (Å²) in [6.45, 7) is 0. The Labute approximate surface area is 137 Å². The predicted molar refractivity (Wildman–Crippen MR) is 91.3 cm³/mol. The molecule has 0 saturated heterocycles. The van der Waals surface area contributed by atoms with Crippen molar-refractivity contribution in [3.8, 4) is 0 Å². The summed E-state index contributed by atoms with van der Waals surface area (Å²) in [6.07, 6.45) is 0.354. The molecule has 0 aliphatic carbocycles. The monoisotopic (exact) mass is 325 g/mol. The maximum absolute atomic E-state index is 12.1. The Morgan fingerprint density at radius 3 is 2.65 bits per heavy atom. The maximum atomic E-state index is 12.1. The molecule has 0 saturated carbocycles. The second-order valence-electron chi connectivity index (χ2n) is 5.19. The third-order valence-corrected chi connectivity index (χ3v) is 4.14. The maximum Gasteiger partial charge on any atom is 0.230 e. The number of nitrogens with two attached hydrogens (primary N) is 1. The molecule has 0 spiro atoms. The molecule has 0 radical (unpaired) electrons. The highest BCUT2D eigenvalue weighted by molar-refractivity contribution is 7.13. The molecule has 0 atom stereocenters. The van der Waals surface area contributed by atoms with Crippen LogP contribution >= 0.6 is 11.3 Å². The third-order valence-electron chi connectivity index (χ3n) is 3.33. The highest BCUT2D eigenvalue weighted by Crippen LogP contribution is 2.18. The lowest BCUT2D eigenvalue weighted by Gasteiger charge is -2.04. The summed E-state index contributed by atoms with van der Waals surface area (Å²) in [5.74, 6) is -0.579. The molecule has 116 valence electrons. The molecule has 0 bridgehead atoms. The minimum Gasteiger partial charge on any atom is -0.369 e. The number of hydrogen-bond acceptors (Lipinski definition) is 4. The molecule has 2 amide bonds. The fraction of sp³-hybridized carbons (Fsp3) is 0.118. The third kappa shape index (κ3) is 3.92. The van der Waals surface area contributed by atoms with Crippen LogP contribution in [0.3, 0.4) is 0 Å². The van der Waals surface area contributed by atoms with E-state index in [0.29, 0.717) is 10.8 Å². The van der Waals surface area contributed by atoms with Gasteiger partial charge in [0.2, 0.25) is 11.8 Å². The van der Waals surface area contributed by atoms with E-state index in [1.165, 1.54) is 11.3 Å². The van der Waals surface area contributed by atoms with Crippen LogP contribution in [0.1, 0.15) is 11.3 Å².